The minimum absolute atomic E-state index is 0.0143. The third-order valence-electron chi connectivity index (χ3n) is 10.4. The lowest BCUT2D eigenvalue weighted by Gasteiger charge is -2.25. The molecule has 0 atom stereocenters. The van der Waals surface area contributed by atoms with Gasteiger partial charge in [-0.1, -0.05) is 206 Å². The Balaban J connectivity index is 2.36. The Bertz CT molecular complexity index is 937. The summed E-state index contributed by atoms with van der Waals surface area (Å²) in [6.45, 7) is 5.95. The molecule has 0 unspecified atom stereocenters. The fourth-order valence-electron chi connectivity index (χ4n) is 7.19. The topological polar surface area (TPSA) is 116 Å². The number of nitrogen functional groups attached to an aromatic ring is 1. The van der Waals surface area contributed by atoms with E-state index in [1.165, 1.54) is 186 Å². The van der Waals surface area contributed by atoms with Crippen LogP contribution in [-0.4, -0.2) is 22.9 Å². The highest BCUT2D eigenvalue weighted by Crippen LogP contribution is 2.37. The minimum Gasteiger partial charge on any atom is -0.393 e. The van der Waals surface area contributed by atoms with Crippen molar-refractivity contribution >= 4 is 22.7 Å². The molecule has 50 heavy (non-hydrogen) atoms. The molecule has 0 aromatic heterocycles. The molecule has 0 aliphatic heterocycles. The molecular formula is C42H78N4O4. The van der Waals surface area contributed by atoms with E-state index in [0.717, 1.165) is 31.7 Å². The number of nitrogens with two attached hydrogens (primary N) is 1. The summed E-state index contributed by atoms with van der Waals surface area (Å²) in [6.07, 6.45) is 41.7. The third-order valence-corrected chi connectivity index (χ3v) is 10.4. The standard InChI is InChI=1S/C42H78N4O4/c1-3-5-7-9-11-13-15-17-19-21-23-25-27-29-31-33-35-44(41-37-39(43)40(45(47)48)38-42(41)46(49)50)36-34-32-30-28-26-24-22-20-18-16-14-12-10-8-6-4-2/h37-38H,3-36,43H2,1-2H3. The highest BCUT2D eigenvalue weighted by Gasteiger charge is 2.26. The van der Waals surface area contributed by atoms with E-state index >= 15 is 0 Å². The number of nitro groups is 2. The SMILES string of the molecule is CCCCCCCCCCCCCCCCCCN(CCCCCCCCCCCCCCCCCC)c1cc(N)c([N+](=O)[O-])cc1[N+](=O)[O-]. The lowest BCUT2D eigenvalue weighted by Crippen LogP contribution is -2.27. The van der Waals surface area contributed by atoms with Gasteiger partial charge in [-0.05, 0) is 18.9 Å². The Kier molecular flexibility index (Phi) is 29.7. The first-order valence-corrected chi connectivity index (χ1v) is 21.4. The monoisotopic (exact) mass is 703 g/mol. The molecule has 0 saturated heterocycles. The maximum Gasteiger partial charge on any atom is 0.299 e. The smallest absolute Gasteiger partial charge is 0.299 e. The Hall–Kier alpha value is -2.38. The van der Waals surface area contributed by atoms with Crippen molar-refractivity contribution in [2.75, 3.05) is 23.7 Å². The van der Waals surface area contributed by atoms with Gasteiger partial charge in [0.2, 0.25) is 0 Å². The number of rotatable bonds is 37. The Morgan fingerprint density at radius 3 is 0.960 bits per heavy atom. The van der Waals surface area contributed by atoms with Gasteiger partial charge in [0.15, 0.2) is 0 Å². The molecule has 0 spiro atoms. The summed E-state index contributed by atoms with van der Waals surface area (Å²) in [5.41, 5.74) is 5.80. The van der Waals surface area contributed by atoms with Crippen LogP contribution in [0.15, 0.2) is 12.1 Å². The second kappa shape index (κ2) is 32.5. The molecule has 290 valence electrons. The van der Waals surface area contributed by atoms with Gasteiger partial charge >= 0.3 is 0 Å². The van der Waals surface area contributed by atoms with Crippen LogP contribution in [0.2, 0.25) is 0 Å². The largest absolute Gasteiger partial charge is 0.393 e. The summed E-state index contributed by atoms with van der Waals surface area (Å²) >= 11 is 0. The van der Waals surface area contributed by atoms with Gasteiger partial charge in [0.05, 0.1) is 15.9 Å². The van der Waals surface area contributed by atoms with E-state index in [-0.39, 0.29) is 11.4 Å². The molecular weight excluding hydrogens is 624 g/mol. The van der Waals surface area contributed by atoms with Crippen LogP contribution in [0, 0.1) is 20.2 Å². The molecule has 1 aromatic carbocycles. The lowest BCUT2D eigenvalue weighted by molar-refractivity contribution is -0.393. The average Bonchev–Trinajstić information content (AvgIpc) is 3.09. The van der Waals surface area contributed by atoms with Crippen molar-refractivity contribution in [2.24, 2.45) is 0 Å². The molecule has 0 aliphatic carbocycles. The van der Waals surface area contributed by atoms with Crippen molar-refractivity contribution in [1.29, 1.82) is 0 Å². The second-order valence-corrected chi connectivity index (χ2v) is 15.0. The molecule has 0 amide bonds. The van der Waals surface area contributed by atoms with Gasteiger partial charge in [-0.2, -0.15) is 0 Å². The summed E-state index contributed by atoms with van der Waals surface area (Å²) in [6, 6.07) is 2.49. The molecule has 0 aliphatic rings. The molecule has 0 saturated carbocycles. The first-order chi connectivity index (χ1) is 24.4. The van der Waals surface area contributed by atoms with Gasteiger partial charge in [-0.25, -0.2) is 0 Å². The number of nitro benzene ring substituents is 2. The number of unbranched alkanes of at least 4 members (excludes halogenated alkanes) is 30. The number of anilines is 2. The highest BCUT2D eigenvalue weighted by molar-refractivity contribution is 5.76. The van der Waals surface area contributed by atoms with Gasteiger partial charge in [0, 0.05) is 13.1 Å². The average molecular weight is 703 g/mol. The van der Waals surface area contributed by atoms with Crippen LogP contribution in [0.1, 0.15) is 219 Å². The fourth-order valence-corrected chi connectivity index (χ4v) is 7.19. The minimum atomic E-state index is -0.637. The van der Waals surface area contributed by atoms with Crippen LogP contribution in [0.4, 0.5) is 22.7 Å². The van der Waals surface area contributed by atoms with Crippen molar-refractivity contribution in [1.82, 2.24) is 0 Å². The number of benzene rings is 1. The lowest BCUT2D eigenvalue weighted by atomic mass is 10.0. The molecule has 0 heterocycles. The maximum atomic E-state index is 12.0. The van der Waals surface area contributed by atoms with Gasteiger partial charge in [-0.15, -0.1) is 0 Å². The van der Waals surface area contributed by atoms with Crippen LogP contribution in [-0.2, 0) is 0 Å². The second-order valence-electron chi connectivity index (χ2n) is 15.0. The van der Waals surface area contributed by atoms with E-state index in [1.807, 2.05) is 0 Å². The summed E-state index contributed by atoms with van der Waals surface area (Å²) in [7, 11) is 0. The maximum absolute atomic E-state index is 12.0. The van der Waals surface area contributed by atoms with Crippen LogP contribution in [0.5, 0.6) is 0 Å². The molecule has 0 fully saturated rings. The molecule has 1 rings (SSSR count). The van der Waals surface area contributed by atoms with E-state index < -0.39 is 15.5 Å². The number of hydrogen-bond acceptors (Lipinski definition) is 6. The van der Waals surface area contributed by atoms with Crippen molar-refractivity contribution in [2.45, 2.75) is 219 Å². The van der Waals surface area contributed by atoms with Gasteiger partial charge in [0.1, 0.15) is 11.4 Å². The molecule has 8 nitrogen and oxygen atoms in total. The first kappa shape index (κ1) is 45.6. The first-order valence-electron chi connectivity index (χ1n) is 21.4. The van der Waals surface area contributed by atoms with E-state index in [2.05, 4.69) is 18.7 Å². The summed E-state index contributed by atoms with van der Waals surface area (Å²) in [4.78, 5) is 24.3. The van der Waals surface area contributed by atoms with Crippen molar-refractivity contribution in [3.05, 3.63) is 32.4 Å². The summed E-state index contributed by atoms with van der Waals surface area (Å²) < 4.78 is 0. The Labute approximate surface area is 307 Å². The Morgan fingerprint density at radius 1 is 0.440 bits per heavy atom. The Morgan fingerprint density at radius 2 is 0.700 bits per heavy atom. The van der Waals surface area contributed by atoms with Crippen LogP contribution in [0.25, 0.3) is 0 Å². The zero-order chi connectivity index (χ0) is 36.5. The third kappa shape index (κ3) is 23.9. The number of hydrogen-bond donors (Lipinski definition) is 1. The van der Waals surface area contributed by atoms with Gasteiger partial charge in [0.25, 0.3) is 11.4 Å². The van der Waals surface area contributed by atoms with Crippen LogP contribution in [0.3, 0.4) is 0 Å². The highest BCUT2D eigenvalue weighted by atomic mass is 16.6. The molecule has 1 aromatic rings. The predicted octanol–water partition coefficient (Wildman–Crippen LogP) is 14.4. The van der Waals surface area contributed by atoms with Crippen molar-refractivity contribution in [3.8, 4) is 0 Å². The molecule has 0 radical (unpaired) electrons. The zero-order valence-corrected chi connectivity index (χ0v) is 32.7. The van der Waals surface area contributed by atoms with Gasteiger partial charge < -0.3 is 10.6 Å². The zero-order valence-electron chi connectivity index (χ0n) is 32.7. The predicted molar refractivity (Wildman–Crippen MR) is 215 cm³/mol. The van der Waals surface area contributed by atoms with Crippen molar-refractivity contribution in [3.63, 3.8) is 0 Å². The summed E-state index contributed by atoms with van der Waals surface area (Å²) in [5.74, 6) is 0. The normalized spacial score (nSPS) is 11.3. The van der Waals surface area contributed by atoms with E-state index in [0.29, 0.717) is 18.8 Å². The van der Waals surface area contributed by atoms with Gasteiger partial charge in [-0.3, -0.25) is 20.2 Å². The number of nitrogens with zero attached hydrogens (tertiary/aromatic N) is 3. The van der Waals surface area contributed by atoms with E-state index in [1.54, 1.807) is 0 Å². The van der Waals surface area contributed by atoms with Crippen molar-refractivity contribution < 1.29 is 9.85 Å². The molecule has 0 bridgehead atoms. The quantitative estimate of drug-likeness (QED) is 0.0319. The van der Waals surface area contributed by atoms with Crippen LogP contribution >= 0.6 is 0 Å². The molecule has 2 N–H and O–H groups in total. The molecule has 8 heteroatoms. The van der Waals surface area contributed by atoms with E-state index in [4.69, 9.17) is 5.73 Å². The van der Waals surface area contributed by atoms with E-state index in [9.17, 15) is 20.2 Å². The summed E-state index contributed by atoms with van der Waals surface area (Å²) in [5, 5.41) is 23.4. The fraction of sp³-hybridized carbons (Fsp3) is 0.857. The van der Waals surface area contributed by atoms with Crippen LogP contribution < -0.4 is 10.6 Å².